The van der Waals surface area contributed by atoms with Gasteiger partial charge in [0.05, 0.1) is 28.9 Å². The highest BCUT2D eigenvalue weighted by atomic mass is 35.5. The van der Waals surface area contributed by atoms with Crippen molar-refractivity contribution in [2.75, 3.05) is 0 Å². The first kappa shape index (κ1) is 28.0. The first-order valence-corrected chi connectivity index (χ1v) is 12.2. The van der Waals surface area contributed by atoms with E-state index in [1.54, 1.807) is 36.4 Å². The number of carbonyl (C=O) groups excluding carboxylic acids is 1. The predicted octanol–water partition coefficient (Wildman–Crippen LogP) is 7.37. The fraction of sp³-hybridized carbons (Fsp3) is 0.107. The summed E-state index contributed by atoms with van der Waals surface area (Å²) >= 11 is 6.06. The Labute approximate surface area is 233 Å². The van der Waals surface area contributed by atoms with Gasteiger partial charge in [-0.25, -0.2) is 4.68 Å². The van der Waals surface area contributed by atoms with Crippen molar-refractivity contribution in [3.63, 3.8) is 0 Å². The van der Waals surface area contributed by atoms with Crippen LogP contribution in [-0.2, 0) is 18.9 Å². The normalized spacial score (nSPS) is 12.0. The minimum absolute atomic E-state index is 0.0572. The van der Waals surface area contributed by atoms with Gasteiger partial charge in [0.25, 0.3) is 0 Å². The van der Waals surface area contributed by atoms with Gasteiger partial charge in [-0.2, -0.15) is 26.3 Å². The lowest BCUT2D eigenvalue weighted by molar-refractivity contribution is -0.143. The Morgan fingerprint density at radius 2 is 1.49 bits per heavy atom. The quantitative estimate of drug-likeness (QED) is 0.153. The first-order valence-electron chi connectivity index (χ1n) is 11.8. The smallest absolute Gasteiger partial charge is 0.289 e. The van der Waals surface area contributed by atoms with E-state index in [4.69, 9.17) is 11.6 Å². The summed E-state index contributed by atoms with van der Waals surface area (Å²) in [6.45, 7) is -0.498. The number of halogens is 7. The molecule has 13 heteroatoms. The van der Waals surface area contributed by atoms with Crippen LogP contribution in [0.4, 0.5) is 26.3 Å². The molecule has 5 rings (SSSR count). The molecule has 0 aliphatic carbocycles. The Balaban J connectivity index is 1.66. The largest absolute Gasteiger partial charge is 0.416 e. The third-order valence-electron chi connectivity index (χ3n) is 6.03. The third kappa shape index (κ3) is 5.97. The SMILES string of the molecule is O=C(c1cccc(Cl)c1)c1cccnc1-c1nnn(Cc2cc(C(F)(F)F)cc(C(F)(F)F)c2)c1-c1ccncc1. The molecule has 0 atom stereocenters. The number of rotatable bonds is 6. The second kappa shape index (κ2) is 10.8. The van der Waals surface area contributed by atoms with Gasteiger partial charge in [-0.1, -0.05) is 28.9 Å². The molecule has 0 saturated carbocycles. The average Bonchev–Trinajstić information content (AvgIpc) is 3.35. The van der Waals surface area contributed by atoms with Crippen LogP contribution in [0.2, 0.25) is 5.02 Å². The number of ketones is 1. The minimum Gasteiger partial charge on any atom is -0.289 e. The molecule has 0 spiro atoms. The molecule has 3 heterocycles. The van der Waals surface area contributed by atoms with Crippen molar-refractivity contribution in [2.24, 2.45) is 0 Å². The second-order valence-electron chi connectivity index (χ2n) is 8.83. The van der Waals surface area contributed by atoms with Crippen LogP contribution in [0.25, 0.3) is 22.6 Å². The van der Waals surface area contributed by atoms with Crippen molar-refractivity contribution in [3.05, 3.63) is 118 Å². The van der Waals surface area contributed by atoms with Gasteiger partial charge in [0.1, 0.15) is 11.4 Å². The molecule has 0 unspecified atom stereocenters. The Bertz CT molecular complexity index is 1700. The lowest BCUT2D eigenvalue weighted by atomic mass is 9.98. The summed E-state index contributed by atoms with van der Waals surface area (Å²) in [7, 11) is 0. The molecule has 0 radical (unpaired) electrons. The fourth-order valence-electron chi connectivity index (χ4n) is 4.22. The molecule has 3 aromatic heterocycles. The molecule has 208 valence electrons. The van der Waals surface area contributed by atoms with Gasteiger partial charge < -0.3 is 0 Å². The summed E-state index contributed by atoms with van der Waals surface area (Å²) in [5, 5.41) is 8.55. The van der Waals surface area contributed by atoms with E-state index < -0.39 is 35.8 Å². The lowest BCUT2D eigenvalue weighted by Gasteiger charge is -2.15. The molecule has 0 N–H and O–H groups in total. The average molecular weight is 588 g/mol. The van der Waals surface area contributed by atoms with E-state index in [0.29, 0.717) is 22.7 Å². The number of hydrogen-bond acceptors (Lipinski definition) is 5. The molecule has 0 aliphatic rings. The van der Waals surface area contributed by atoms with Gasteiger partial charge in [0.2, 0.25) is 0 Å². The van der Waals surface area contributed by atoms with Crippen LogP contribution in [-0.4, -0.2) is 30.7 Å². The molecular weight excluding hydrogens is 572 g/mol. The van der Waals surface area contributed by atoms with Crippen LogP contribution < -0.4 is 0 Å². The molecule has 0 fully saturated rings. The zero-order valence-electron chi connectivity index (χ0n) is 20.6. The first-order chi connectivity index (χ1) is 19.4. The van der Waals surface area contributed by atoms with Crippen molar-refractivity contribution >= 4 is 17.4 Å². The van der Waals surface area contributed by atoms with Gasteiger partial charge in [-0.05, 0) is 60.2 Å². The number of carbonyl (C=O) groups is 1. The van der Waals surface area contributed by atoms with E-state index in [-0.39, 0.29) is 39.8 Å². The minimum atomic E-state index is -5.01. The zero-order valence-corrected chi connectivity index (χ0v) is 21.3. The fourth-order valence-corrected chi connectivity index (χ4v) is 4.42. The van der Waals surface area contributed by atoms with Crippen molar-refractivity contribution in [1.82, 2.24) is 25.0 Å². The summed E-state index contributed by atoms with van der Waals surface area (Å²) in [4.78, 5) is 21.7. The molecule has 6 nitrogen and oxygen atoms in total. The van der Waals surface area contributed by atoms with Crippen LogP contribution >= 0.6 is 11.6 Å². The predicted molar refractivity (Wildman–Crippen MR) is 137 cm³/mol. The number of benzene rings is 2. The molecule has 5 aromatic rings. The van der Waals surface area contributed by atoms with Gasteiger partial charge in [-0.3, -0.25) is 14.8 Å². The summed E-state index contributed by atoms with van der Waals surface area (Å²) in [6.07, 6.45) is -5.72. The third-order valence-corrected chi connectivity index (χ3v) is 6.27. The van der Waals surface area contributed by atoms with E-state index in [9.17, 15) is 31.1 Å². The molecule has 0 aliphatic heterocycles. The van der Waals surface area contributed by atoms with Crippen LogP contribution in [0.1, 0.15) is 32.6 Å². The number of nitrogens with zero attached hydrogens (tertiary/aromatic N) is 5. The summed E-state index contributed by atoms with van der Waals surface area (Å²) in [5.74, 6) is -0.432. The summed E-state index contributed by atoms with van der Waals surface area (Å²) < 4.78 is 82.0. The lowest BCUT2D eigenvalue weighted by Crippen LogP contribution is -2.13. The maximum Gasteiger partial charge on any atom is 0.416 e. The number of aromatic nitrogens is 5. The number of alkyl halides is 6. The van der Waals surface area contributed by atoms with Gasteiger partial charge in [0, 0.05) is 34.7 Å². The maximum absolute atomic E-state index is 13.5. The number of pyridine rings is 2. The van der Waals surface area contributed by atoms with Gasteiger partial charge in [0.15, 0.2) is 5.78 Å². The molecule has 41 heavy (non-hydrogen) atoms. The van der Waals surface area contributed by atoms with Crippen molar-refractivity contribution in [1.29, 1.82) is 0 Å². The molecule has 2 aromatic carbocycles. The zero-order chi connectivity index (χ0) is 29.4. The summed E-state index contributed by atoms with van der Waals surface area (Å²) in [6, 6.07) is 13.8. The van der Waals surface area contributed by atoms with Crippen LogP contribution in [0.5, 0.6) is 0 Å². The Kier molecular flexibility index (Phi) is 7.35. The topological polar surface area (TPSA) is 73.6 Å². The highest BCUT2D eigenvalue weighted by Crippen LogP contribution is 2.37. The Morgan fingerprint density at radius 1 is 0.805 bits per heavy atom. The van der Waals surface area contributed by atoms with E-state index in [0.717, 1.165) is 4.68 Å². The number of hydrogen-bond donors (Lipinski definition) is 0. The van der Waals surface area contributed by atoms with Crippen LogP contribution in [0, 0.1) is 0 Å². The molecule has 0 bridgehead atoms. The van der Waals surface area contributed by atoms with E-state index >= 15 is 0 Å². The van der Waals surface area contributed by atoms with Crippen LogP contribution in [0.15, 0.2) is 85.3 Å². The molecule has 0 saturated heterocycles. The monoisotopic (exact) mass is 587 g/mol. The standard InChI is InChI=1S/C28H16ClF6N5O/c29-21-4-1-3-18(13-21)26(41)22-5-2-8-37-23(22)24-25(17-6-9-36-10-7-17)40(39-38-24)15-16-11-19(27(30,31)32)14-20(12-16)28(33,34)35/h1-14H,15H2. The van der Waals surface area contributed by atoms with E-state index in [1.807, 2.05) is 0 Å². The van der Waals surface area contributed by atoms with Gasteiger partial charge in [-0.15, -0.1) is 5.10 Å². The van der Waals surface area contributed by atoms with E-state index in [2.05, 4.69) is 20.3 Å². The maximum atomic E-state index is 13.5. The Morgan fingerprint density at radius 3 is 2.12 bits per heavy atom. The van der Waals surface area contributed by atoms with Crippen LogP contribution in [0.3, 0.4) is 0 Å². The van der Waals surface area contributed by atoms with Crippen molar-refractivity contribution in [2.45, 2.75) is 18.9 Å². The highest BCUT2D eigenvalue weighted by Gasteiger charge is 2.37. The second-order valence-corrected chi connectivity index (χ2v) is 9.27. The van der Waals surface area contributed by atoms with Crippen molar-refractivity contribution in [3.8, 4) is 22.6 Å². The highest BCUT2D eigenvalue weighted by molar-refractivity contribution is 6.31. The van der Waals surface area contributed by atoms with E-state index in [1.165, 1.54) is 30.7 Å². The molecule has 0 amide bonds. The van der Waals surface area contributed by atoms with Gasteiger partial charge >= 0.3 is 12.4 Å². The van der Waals surface area contributed by atoms with Crippen molar-refractivity contribution < 1.29 is 31.1 Å². The molecular formula is C28H16ClF6N5O. The summed E-state index contributed by atoms with van der Waals surface area (Å²) in [5.41, 5.74) is -1.97. The Hall–Kier alpha value is -4.58.